The molecule has 0 aliphatic heterocycles. The molecule has 0 radical (unpaired) electrons. The van der Waals surface area contributed by atoms with Crippen molar-refractivity contribution < 1.29 is 9.84 Å². The monoisotopic (exact) mass is 252 g/mol. The van der Waals surface area contributed by atoms with Gasteiger partial charge < -0.3 is 20.5 Å². The normalized spacial score (nSPS) is 14.7. The van der Waals surface area contributed by atoms with Crippen LogP contribution in [-0.4, -0.2) is 50.4 Å². The van der Waals surface area contributed by atoms with E-state index in [1.54, 1.807) is 7.11 Å². The lowest BCUT2D eigenvalue weighted by atomic mass is 9.93. The number of rotatable bonds is 8. The average Bonchev–Trinajstić information content (AvgIpc) is 2.40. The summed E-state index contributed by atoms with van der Waals surface area (Å²) in [5.41, 5.74) is 5.62. The number of likely N-dealkylation sites (N-methyl/N-ethyl adjacent to an activating group) is 1. The van der Waals surface area contributed by atoms with E-state index >= 15 is 0 Å². The summed E-state index contributed by atoms with van der Waals surface area (Å²) in [6, 6.07) is 9.59. The molecule has 4 nitrogen and oxygen atoms in total. The van der Waals surface area contributed by atoms with Crippen LogP contribution in [0, 0.1) is 0 Å². The molecule has 0 aliphatic carbocycles. The highest BCUT2D eigenvalue weighted by Gasteiger charge is 2.28. The van der Waals surface area contributed by atoms with Crippen LogP contribution in [0.1, 0.15) is 12.0 Å². The molecule has 1 rings (SSSR count). The van der Waals surface area contributed by atoms with E-state index < -0.39 is 5.60 Å². The van der Waals surface area contributed by atoms with E-state index in [9.17, 15) is 5.11 Å². The predicted molar refractivity (Wildman–Crippen MR) is 73.4 cm³/mol. The number of benzene rings is 1. The fourth-order valence-electron chi connectivity index (χ4n) is 2.03. The van der Waals surface area contributed by atoms with Gasteiger partial charge in [-0.3, -0.25) is 0 Å². The number of ether oxygens (including phenoxy) is 1. The molecule has 0 saturated carbocycles. The van der Waals surface area contributed by atoms with Gasteiger partial charge in [0, 0.05) is 33.4 Å². The van der Waals surface area contributed by atoms with Gasteiger partial charge in [-0.25, -0.2) is 0 Å². The number of aliphatic hydroxyl groups is 1. The highest BCUT2D eigenvalue weighted by atomic mass is 16.5. The molecule has 0 aliphatic rings. The zero-order valence-corrected chi connectivity index (χ0v) is 11.3. The average molecular weight is 252 g/mol. The van der Waals surface area contributed by atoms with Crippen LogP contribution < -0.4 is 5.73 Å². The summed E-state index contributed by atoms with van der Waals surface area (Å²) in [7, 11) is 3.68. The van der Waals surface area contributed by atoms with Gasteiger partial charge in [0.15, 0.2) is 0 Å². The Morgan fingerprint density at radius 1 is 1.33 bits per heavy atom. The van der Waals surface area contributed by atoms with Crippen molar-refractivity contribution >= 4 is 0 Å². The molecule has 0 fully saturated rings. The summed E-state index contributed by atoms with van der Waals surface area (Å²) < 4.78 is 5.02. The van der Waals surface area contributed by atoms with Gasteiger partial charge in [0.25, 0.3) is 0 Å². The van der Waals surface area contributed by atoms with Crippen LogP contribution >= 0.6 is 0 Å². The van der Waals surface area contributed by atoms with Crippen LogP contribution in [0.25, 0.3) is 0 Å². The quantitative estimate of drug-likeness (QED) is 0.672. The molecule has 0 heterocycles. The highest BCUT2D eigenvalue weighted by molar-refractivity contribution is 5.23. The third-order valence-corrected chi connectivity index (χ3v) is 3.07. The molecule has 1 atom stereocenters. The van der Waals surface area contributed by atoms with Crippen molar-refractivity contribution in [3.63, 3.8) is 0 Å². The smallest absolute Gasteiger partial charge is 0.114 e. The summed E-state index contributed by atoms with van der Waals surface area (Å²) in [6.45, 7) is 2.35. The van der Waals surface area contributed by atoms with Crippen LogP contribution in [0.3, 0.4) is 0 Å². The second-order valence-corrected chi connectivity index (χ2v) is 4.69. The Hall–Kier alpha value is -0.940. The van der Waals surface area contributed by atoms with Crippen LogP contribution in [-0.2, 0) is 10.3 Å². The van der Waals surface area contributed by atoms with Crippen molar-refractivity contribution in [2.24, 2.45) is 5.73 Å². The summed E-state index contributed by atoms with van der Waals surface area (Å²) in [6.07, 6.45) is 0.947. The second kappa shape index (κ2) is 7.48. The number of nitrogens with zero attached hydrogens (tertiary/aromatic N) is 1. The maximum atomic E-state index is 10.6. The van der Waals surface area contributed by atoms with Crippen molar-refractivity contribution in [1.82, 2.24) is 4.90 Å². The van der Waals surface area contributed by atoms with Crippen LogP contribution in [0.5, 0.6) is 0 Å². The van der Waals surface area contributed by atoms with Gasteiger partial charge >= 0.3 is 0 Å². The van der Waals surface area contributed by atoms with Gasteiger partial charge in [0.2, 0.25) is 0 Å². The first-order valence-electron chi connectivity index (χ1n) is 6.28. The standard InChI is InChI=1S/C14H24N2O2/c1-16(9-6-10-18-2)12-14(17,11-15)13-7-4-3-5-8-13/h3-5,7-8,17H,6,9-12,15H2,1-2H3. The summed E-state index contributed by atoms with van der Waals surface area (Å²) >= 11 is 0. The van der Waals surface area contributed by atoms with Gasteiger partial charge in [-0.05, 0) is 19.0 Å². The minimum absolute atomic E-state index is 0.214. The summed E-state index contributed by atoms with van der Waals surface area (Å²) in [4.78, 5) is 2.08. The fourth-order valence-corrected chi connectivity index (χ4v) is 2.03. The van der Waals surface area contributed by atoms with Gasteiger partial charge in [0.05, 0.1) is 0 Å². The van der Waals surface area contributed by atoms with E-state index in [1.165, 1.54) is 0 Å². The summed E-state index contributed by atoms with van der Waals surface area (Å²) in [5.74, 6) is 0. The van der Waals surface area contributed by atoms with Crippen molar-refractivity contribution in [2.45, 2.75) is 12.0 Å². The molecule has 3 N–H and O–H groups in total. The second-order valence-electron chi connectivity index (χ2n) is 4.69. The van der Waals surface area contributed by atoms with E-state index in [2.05, 4.69) is 4.90 Å². The van der Waals surface area contributed by atoms with Crippen molar-refractivity contribution in [1.29, 1.82) is 0 Å². The predicted octanol–water partition coefficient (Wildman–Crippen LogP) is 0.801. The Morgan fingerprint density at radius 2 is 2.00 bits per heavy atom. The molecular weight excluding hydrogens is 228 g/mol. The van der Waals surface area contributed by atoms with E-state index in [1.807, 2.05) is 37.4 Å². The van der Waals surface area contributed by atoms with Crippen molar-refractivity contribution in [3.8, 4) is 0 Å². The Kier molecular flexibility index (Phi) is 6.29. The SMILES string of the molecule is COCCCN(C)CC(O)(CN)c1ccccc1. The van der Waals surface area contributed by atoms with Gasteiger partial charge in [0.1, 0.15) is 5.60 Å². The molecule has 0 saturated heterocycles. The molecule has 0 amide bonds. The van der Waals surface area contributed by atoms with Crippen molar-refractivity contribution in [3.05, 3.63) is 35.9 Å². The van der Waals surface area contributed by atoms with Crippen LogP contribution in [0.15, 0.2) is 30.3 Å². The number of nitrogens with two attached hydrogens (primary N) is 1. The number of hydrogen-bond acceptors (Lipinski definition) is 4. The molecule has 1 aromatic rings. The molecule has 0 bridgehead atoms. The molecule has 4 heteroatoms. The Labute approximate surface area is 109 Å². The van der Waals surface area contributed by atoms with Crippen LogP contribution in [0.4, 0.5) is 0 Å². The zero-order valence-electron chi connectivity index (χ0n) is 11.3. The molecule has 1 unspecified atom stereocenters. The first-order chi connectivity index (χ1) is 8.62. The Morgan fingerprint density at radius 3 is 2.56 bits per heavy atom. The molecule has 1 aromatic carbocycles. The third kappa shape index (κ3) is 4.38. The molecule has 0 spiro atoms. The maximum Gasteiger partial charge on any atom is 0.114 e. The minimum atomic E-state index is -0.983. The van der Waals surface area contributed by atoms with E-state index in [-0.39, 0.29) is 6.54 Å². The van der Waals surface area contributed by atoms with Gasteiger partial charge in [-0.15, -0.1) is 0 Å². The van der Waals surface area contributed by atoms with E-state index in [4.69, 9.17) is 10.5 Å². The van der Waals surface area contributed by atoms with E-state index in [0.717, 1.165) is 25.1 Å². The molecule has 18 heavy (non-hydrogen) atoms. The largest absolute Gasteiger partial charge is 0.385 e. The topological polar surface area (TPSA) is 58.7 Å². The zero-order chi connectivity index (χ0) is 13.4. The van der Waals surface area contributed by atoms with E-state index in [0.29, 0.717) is 6.54 Å². The van der Waals surface area contributed by atoms with Gasteiger partial charge in [-0.2, -0.15) is 0 Å². The molecule has 102 valence electrons. The first kappa shape index (κ1) is 15.1. The number of hydrogen-bond donors (Lipinski definition) is 2. The first-order valence-corrected chi connectivity index (χ1v) is 6.28. The Bertz CT molecular complexity index is 332. The fraction of sp³-hybridized carbons (Fsp3) is 0.571. The molecular formula is C14H24N2O2. The molecule has 0 aromatic heterocycles. The van der Waals surface area contributed by atoms with Gasteiger partial charge in [-0.1, -0.05) is 30.3 Å². The van der Waals surface area contributed by atoms with Crippen molar-refractivity contribution in [2.75, 3.05) is 40.4 Å². The van der Waals surface area contributed by atoms with Crippen LogP contribution in [0.2, 0.25) is 0 Å². The lowest BCUT2D eigenvalue weighted by Crippen LogP contribution is -2.45. The maximum absolute atomic E-state index is 10.6. The minimum Gasteiger partial charge on any atom is -0.385 e. The number of methoxy groups -OCH3 is 1. The lowest BCUT2D eigenvalue weighted by molar-refractivity contribution is 0.0122. The lowest BCUT2D eigenvalue weighted by Gasteiger charge is -2.32. The summed E-state index contributed by atoms with van der Waals surface area (Å²) in [5, 5.41) is 10.6. The Balaban J connectivity index is 2.60. The third-order valence-electron chi connectivity index (χ3n) is 3.07. The highest BCUT2D eigenvalue weighted by Crippen LogP contribution is 2.20.